The van der Waals surface area contributed by atoms with E-state index in [-0.39, 0.29) is 23.8 Å². The highest BCUT2D eigenvalue weighted by atomic mass is 32.2. The Bertz CT molecular complexity index is 325. The molecule has 0 aliphatic carbocycles. The Morgan fingerprint density at radius 1 is 1.53 bits per heavy atom. The second-order valence-corrected chi connectivity index (χ2v) is 5.67. The molecule has 3 N–H and O–H groups in total. The number of amides is 2. The van der Waals surface area contributed by atoms with E-state index in [1.165, 1.54) is 0 Å². The Balaban J connectivity index is 1.78. The van der Waals surface area contributed by atoms with Crippen LogP contribution in [0.3, 0.4) is 0 Å². The third kappa shape index (κ3) is 2.66. The minimum atomic E-state index is -0.775. The summed E-state index contributed by atoms with van der Waals surface area (Å²) in [6.07, 6.45) is 2.49. The van der Waals surface area contributed by atoms with Gasteiger partial charge in [0.1, 0.15) is 0 Å². The zero-order valence-electron chi connectivity index (χ0n) is 9.33. The maximum atomic E-state index is 11.2. The summed E-state index contributed by atoms with van der Waals surface area (Å²) in [5, 5.41) is 21.9. The van der Waals surface area contributed by atoms with Crippen LogP contribution in [-0.4, -0.2) is 50.5 Å². The molecule has 2 fully saturated rings. The Labute approximate surface area is 103 Å². The highest BCUT2D eigenvalue weighted by molar-refractivity contribution is 8.00. The van der Waals surface area contributed by atoms with Crippen molar-refractivity contribution >= 4 is 23.8 Å². The number of thioether (sulfide) groups is 1. The topological polar surface area (TPSA) is 89.9 Å². The van der Waals surface area contributed by atoms with Crippen molar-refractivity contribution in [3.8, 4) is 0 Å². The second kappa shape index (κ2) is 5.14. The standard InChI is InChI=1S/C10H16N2O4S/c13-8(14)4-2-1-3-7-9-6(5-17-7)11-10(15)12(9)16/h6-7,9,16H,1-5H2,(H,11,15)(H,13,14)/t6-,7-,9-/m1/s1. The Morgan fingerprint density at radius 3 is 3.00 bits per heavy atom. The monoisotopic (exact) mass is 260 g/mol. The van der Waals surface area contributed by atoms with E-state index in [4.69, 9.17) is 5.11 Å². The highest BCUT2D eigenvalue weighted by Gasteiger charge is 2.48. The van der Waals surface area contributed by atoms with E-state index in [9.17, 15) is 14.8 Å². The molecule has 2 heterocycles. The average molecular weight is 260 g/mol. The normalized spacial score (nSPS) is 31.5. The fourth-order valence-corrected chi connectivity index (χ4v) is 3.95. The van der Waals surface area contributed by atoms with Gasteiger partial charge in [-0.25, -0.2) is 4.79 Å². The van der Waals surface area contributed by atoms with Crippen LogP contribution in [0.2, 0.25) is 0 Å². The van der Waals surface area contributed by atoms with Gasteiger partial charge in [0.15, 0.2) is 0 Å². The lowest BCUT2D eigenvalue weighted by atomic mass is 10.0. The lowest BCUT2D eigenvalue weighted by Crippen LogP contribution is -2.38. The Morgan fingerprint density at radius 2 is 2.29 bits per heavy atom. The third-order valence-corrected chi connectivity index (χ3v) is 4.71. The van der Waals surface area contributed by atoms with Crippen LogP contribution in [0.5, 0.6) is 0 Å². The van der Waals surface area contributed by atoms with Crippen LogP contribution in [0.1, 0.15) is 25.7 Å². The van der Waals surface area contributed by atoms with Crippen molar-refractivity contribution in [2.24, 2.45) is 0 Å². The number of nitrogens with one attached hydrogen (secondary N) is 1. The molecule has 2 aliphatic heterocycles. The number of nitrogens with zero attached hydrogens (tertiary/aromatic N) is 1. The van der Waals surface area contributed by atoms with Crippen LogP contribution < -0.4 is 5.32 Å². The smallest absolute Gasteiger partial charge is 0.341 e. The van der Waals surface area contributed by atoms with Crippen molar-refractivity contribution in [3.05, 3.63) is 0 Å². The number of hydrogen-bond donors (Lipinski definition) is 3. The largest absolute Gasteiger partial charge is 0.481 e. The van der Waals surface area contributed by atoms with Crippen LogP contribution in [0.4, 0.5) is 4.79 Å². The molecule has 2 rings (SSSR count). The van der Waals surface area contributed by atoms with Gasteiger partial charge in [-0.1, -0.05) is 6.42 Å². The number of fused-ring (bicyclic) bond motifs is 1. The number of hydroxylamine groups is 2. The van der Waals surface area contributed by atoms with Crippen LogP contribution in [-0.2, 0) is 4.79 Å². The van der Waals surface area contributed by atoms with Gasteiger partial charge in [0.05, 0.1) is 12.1 Å². The molecule has 2 amide bonds. The molecule has 3 atom stereocenters. The molecular formula is C10H16N2O4S. The van der Waals surface area contributed by atoms with Gasteiger partial charge in [0, 0.05) is 17.4 Å². The van der Waals surface area contributed by atoms with Crippen LogP contribution in [0.15, 0.2) is 0 Å². The van der Waals surface area contributed by atoms with E-state index >= 15 is 0 Å². The van der Waals surface area contributed by atoms with Gasteiger partial charge in [-0.15, -0.1) is 0 Å². The van der Waals surface area contributed by atoms with Crippen molar-refractivity contribution in [2.75, 3.05) is 5.75 Å². The number of carboxylic acids is 1. The van der Waals surface area contributed by atoms with Gasteiger partial charge in [0.25, 0.3) is 0 Å². The predicted octanol–water partition coefficient (Wildman–Crippen LogP) is 0.898. The first-order chi connectivity index (χ1) is 8.09. The van der Waals surface area contributed by atoms with Crippen molar-refractivity contribution in [1.29, 1.82) is 0 Å². The van der Waals surface area contributed by atoms with Crippen molar-refractivity contribution in [1.82, 2.24) is 10.4 Å². The fraction of sp³-hybridized carbons (Fsp3) is 0.800. The number of urea groups is 1. The predicted molar refractivity (Wildman–Crippen MR) is 62.1 cm³/mol. The molecule has 2 saturated heterocycles. The number of hydrogen-bond acceptors (Lipinski definition) is 4. The molecule has 96 valence electrons. The molecule has 0 aromatic heterocycles. The van der Waals surface area contributed by atoms with E-state index in [0.29, 0.717) is 6.42 Å². The summed E-state index contributed by atoms with van der Waals surface area (Å²) in [6.45, 7) is 0. The zero-order chi connectivity index (χ0) is 12.4. The number of unbranched alkanes of at least 4 members (excludes halogenated alkanes) is 1. The van der Waals surface area contributed by atoms with Crippen molar-refractivity contribution in [3.63, 3.8) is 0 Å². The molecule has 17 heavy (non-hydrogen) atoms. The Hall–Kier alpha value is -0.950. The molecule has 2 aliphatic rings. The number of carbonyl (C=O) groups is 2. The summed E-state index contributed by atoms with van der Waals surface area (Å²) in [4.78, 5) is 21.6. The molecule has 0 aromatic carbocycles. The average Bonchev–Trinajstić information content (AvgIpc) is 2.77. The number of carbonyl (C=O) groups excluding carboxylic acids is 1. The molecule has 6 nitrogen and oxygen atoms in total. The van der Waals surface area contributed by atoms with Crippen LogP contribution in [0, 0.1) is 0 Å². The van der Waals surface area contributed by atoms with E-state index in [0.717, 1.165) is 23.7 Å². The first kappa shape index (κ1) is 12.5. The summed E-state index contributed by atoms with van der Waals surface area (Å²) in [5.74, 6) is 0.0419. The van der Waals surface area contributed by atoms with Crippen molar-refractivity contribution in [2.45, 2.75) is 43.0 Å². The molecule has 0 spiro atoms. The lowest BCUT2D eigenvalue weighted by molar-refractivity contribution is -0.137. The van der Waals surface area contributed by atoms with Gasteiger partial charge in [-0.2, -0.15) is 16.8 Å². The van der Waals surface area contributed by atoms with E-state index in [1.807, 2.05) is 0 Å². The molecule has 0 unspecified atom stereocenters. The molecule has 0 saturated carbocycles. The molecule has 7 heteroatoms. The lowest BCUT2D eigenvalue weighted by Gasteiger charge is -2.21. The zero-order valence-corrected chi connectivity index (χ0v) is 10.2. The van der Waals surface area contributed by atoms with Gasteiger partial charge in [-0.05, 0) is 12.8 Å². The van der Waals surface area contributed by atoms with E-state index in [1.54, 1.807) is 11.8 Å². The van der Waals surface area contributed by atoms with Gasteiger partial charge >= 0.3 is 12.0 Å². The summed E-state index contributed by atoms with van der Waals surface area (Å²) >= 11 is 1.74. The van der Waals surface area contributed by atoms with Gasteiger partial charge in [0.2, 0.25) is 0 Å². The van der Waals surface area contributed by atoms with Crippen molar-refractivity contribution < 1.29 is 19.9 Å². The summed E-state index contributed by atoms with van der Waals surface area (Å²) in [7, 11) is 0. The third-order valence-electron chi connectivity index (χ3n) is 3.21. The van der Waals surface area contributed by atoms with E-state index < -0.39 is 12.0 Å². The first-order valence-corrected chi connectivity index (χ1v) is 6.76. The molecular weight excluding hydrogens is 244 g/mol. The summed E-state index contributed by atoms with van der Waals surface area (Å²) in [6, 6.07) is -0.546. The summed E-state index contributed by atoms with van der Waals surface area (Å²) in [5.41, 5.74) is 0. The SMILES string of the molecule is O=C(O)CCCC[C@H]1SC[C@H]2NC(=O)N(O)[C@H]21. The fourth-order valence-electron chi connectivity index (χ4n) is 2.37. The maximum Gasteiger partial charge on any atom is 0.341 e. The summed E-state index contributed by atoms with van der Waals surface area (Å²) < 4.78 is 0. The number of carboxylic acid groups (broad SMARTS) is 1. The molecule has 0 aromatic rings. The molecule has 0 bridgehead atoms. The van der Waals surface area contributed by atoms with E-state index in [2.05, 4.69) is 5.32 Å². The van der Waals surface area contributed by atoms with Crippen LogP contribution in [0.25, 0.3) is 0 Å². The molecule has 0 radical (unpaired) electrons. The minimum Gasteiger partial charge on any atom is -0.481 e. The minimum absolute atomic E-state index is 0.0296. The number of rotatable bonds is 5. The Kier molecular flexibility index (Phi) is 3.78. The first-order valence-electron chi connectivity index (χ1n) is 5.71. The highest BCUT2D eigenvalue weighted by Crippen LogP contribution is 2.36. The number of aliphatic carboxylic acids is 1. The quantitative estimate of drug-likeness (QED) is 0.388. The van der Waals surface area contributed by atoms with Crippen LogP contribution >= 0.6 is 11.8 Å². The second-order valence-electron chi connectivity index (χ2n) is 4.40. The van der Waals surface area contributed by atoms with Gasteiger partial charge < -0.3 is 10.4 Å². The van der Waals surface area contributed by atoms with Gasteiger partial charge in [-0.3, -0.25) is 10.0 Å². The maximum absolute atomic E-state index is 11.2.